The van der Waals surface area contributed by atoms with Gasteiger partial charge in [-0.25, -0.2) is 9.97 Å². The zero-order valence-electron chi connectivity index (χ0n) is 10.2. The summed E-state index contributed by atoms with van der Waals surface area (Å²) in [6.07, 6.45) is 3.81. The van der Waals surface area contributed by atoms with Gasteiger partial charge < -0.3 is 0 Å². The average Bonchev–Trinajstić information content (AvgIpc) is 2.60. The van der Waals surface area contributed by atoms with Crippen molar-refractivity contribution < 1.29 is 0 Å². The molecule has 0 radical (unpaired) electrons. The molecule has 0 unspecified atom stereocenters. The first-order valence-corrected chi connectivity index (χ1v) is 5.49. The molecule has 0 spiro atoms. The molecule has 0 aliphatic carbocycles. The summed E-state index contributed by atoms with van der Waals surface area (Å²) in [4.78, 5) is 8.77. The maximum Gasteiger partial charge on any atom is 0.159 e. The molecule has 3 heteroatoms. The Labute approximate surface area is 91.2 Å². The highest BCUT2D eigenvalue weighted by atomic mass is 15.1. The van der Waals surface area contributed by atoms with E-state index in [1.165, 1.54) is 0 Å². The molecule has 82 valence electrons. The van der Waals surface area contributed by atoms with E-state index in [-0.39, 0.29) is 0 Å². The number of aromatic nitrogens is 3. The van der Waals surface area contributed by atoms with Crippen molar-refractivity contribution in [1.29, 1.82) is 0 Å². The molecular formula is C12H19N3. The number of hydrogen-bond donors (Lipinski definition) is 0. The third-order valence-electron chi connectivity index (χ3n) is 2.12. The average molecular weight is 205 g/mol. The first-order valence-electron chi connectivity index (χ1n) is 5.49. The molecule has 0 N–H and O–H groups in total. The molecule has 3 nitrogen and oxygen atoms in total. The summed E-state index contributed by atoms with van der Waals surface area (Å²) < 4.78 is 2.06. The molecule has 0 fully saturated rings. The van der Waals surface area contributed by atoms with Crippen molar-refractivity contribution in [2.75, 3.05) is 0 Å². The van der Waals surface area contributed by atoms with Gasteiger partial charge in [-0.2, -0.15) is 0 Å². The summed E-state index contributed by atoms with van der Waals surface area (Å²) in [6.45, 7) is 10.3. The van der Waals surface area contributed by atoms with E-state index in [2.05, 4.69) is 28.2 Å². The van der Waals surface area contributed by atoms with E-state index in [1.54, 1.807) is 6.20 Å². The van der Waals surface area contributed by atoms with E-state index in [0.717, 1.165) is 17.2 Å². The molecule has 0 aromatic carbocycles. The molecule has 0 saturated heterocycles. The van der Waals surface area contributed by atoms with Gasteiger partial charge in [0.1, 0.15) is 5.82 Å². The van der Waals surface area contributed by atoms with Gasteiger partial charge >= 0.3 is 0 Å². The molecule has 0 saturated carbocycles. The summed E-state index contributed by atoms with van der Waals surface area (Å²) in [5, 5.41) is 0. The van der Waals surface area contributed by atoms with Crippen LogP contribution in [0.4, 0.5) is 0 Å². The van der Waals surface area contributed by atoms with Crippen LogP contribution in [0.5, 0.6) is 0 Å². The molecule has 0 amide bonds. The number of imidazole rings is 1. The lowest BCUT2D eigenvalue weighted by molar-refractivity contribution is 0.766. The van der Waals surface area contributed by atoms with Gasteiger partial charge in [0.15, 0.2) is 5.65 Å². The number of aryl methyl sites for hydroxylation is 1. The van der Waals surface area contributed by atoms with Crippen molar-refractivity contribution in [1.82, 2.24) is 14.4 Å². The maximum atomic E-state index is 4.49. The summed E-state index contributed by atoms with van der Waals surface area (Å²) in [7, 11) is 0. The van der Waals surface area contributed by atoms with Crippen molar-refractivity contribution in [2.24, 2.45) is 0 Å². The predicted octanol–water partition coefficient (Wildman–Crippen LogP) is 3.19. The van der Waals surface area contributed by atoms with E-state index < -0.39 is 0 Å². The van der Waals surface area contributed by atoms with Gasteiger partial charge in [-0.1, -0.05) is 27.7 Å². The van der Waals surface area contributed by atoms with Crippen molar-refractivity contribution in [2.45, 2.75) is 40.5 Å². The minimum Gasteiger partial charge on any atom is -0.288 e. The molecule has 15 heavy (non-hydrogen) atoms. The van der Waals surface area contributed by atoms with Crippen LogP contribution in [0.25, 0.3) is 5.65 Å². The lowest BCUT2D eigenvalue weighted by Crippen LogP contribution is -1.96. The van der Waals surface area contributed by atoms with Crippen molar-refractivity contribution >= 4 is 5.65 Å². The zero-order chi connectivity index (χ0) is 11.4. The van der Waals surface area contributed by atoms with E-state index >= 15 is 0 Å². The SMILES string of the molecule is CC.Cc1nc(C(C)C)n2cccnc12. The Morgan fingerprint density at radius 2 is 1.93 bits per heavy atom. The van der Waals surface area contributed by atoms with E-state index in [9.17, 15) is 0 Å². The van der Waals surface area contributed by atoms with Gasteiger partial charge in [0.25, 0.3) is 0 Å². The van der Waals surface area contributed by atoms with Crippen LogP contribution in [0, 0.1) is 6.92 Å². The van der Waals surface area contributed by atoms with Crippen molar-refractivity contribution in [3.63, 3.8) is 0 Å². The van der Waals surface area contributed by atoms with Crippen LogP contribution >= 0.6 is 0 Å². The number of hydrogen-bond acceptors (Lipinski definition) is 2. The lowest BCUT2D eigenvalue weighted by atomic mass is 10.2. The van der Waals surface area contributed by atoms with Crippen LogP contribution in [-0.2, 0) is 0 Å². The van der Waals surface area contributed by atoms with Crippen LogP contribution in [0.2, 0.25) is 0 Å². The Kier molecular flexibility index (Phi) is 3.83. The third kappa shape index (κ3) is 2.17. The van der Waals surface area contributed by atoms with Crippen LogP contribution < -0.4 is 0 Å². The molecule has 2 aromatic heterocycles. The molecule has 2 heterocycles. The second kappa shape index (κ2) is 4.91. The normalized spacial score (nSPS) is 10.3. The summed E-state index contributed by atoms with van der Waals surface area (Å²) in [6, 6.07) is 1.93. The minimum atomic E-state index is 0.436. The van der Waals surface area contributed by atoms with E-state index in [4.69, 9.17) is 0 Å². The first kappa shape index (κ1) is 11.7. The van der Waals surface area contributed by atoms with Gasteiger partial charge in [0.2, 0.25) is 0 Å². The van der Waals surface area contributed by atoms with Crippen molar-refractivity contribution in [3.8, 4) is 0 Å². The van der Waals surface area contributed by atoms with Crippen LogP contribution in [-0.4, -0.2) is 14.4 Å². The number of rotatable bonds is 1. The summed E-state index contributed by atoms with van der Waals surface area (Å²) >= 11 is 0. The fourth-order valence-corrected chi connectivity index (χ4v) is 1.51. The highest BCUT2D eigenvalue weighted by Crippen LogP contribution is 2.16. The molecular weight excluding hydrogens is 186 g/mol. The molecule has 0 aliphatic rings. The minimum absolute atomic E-state index is 0.436. The topological polar surface area (TPSA) is 30.2 Å². The fraction of sp³-hybridized carbons (Fsp3) is 0.500. The molecule has 2 aromatic rings. The van der Waals surface area contributed by atoms with Crippen LogP contribution in [0.3, 0.4) is 0 Å². The van der Waals surface area contributed by atoms with Crippen molar-refractivity contribution in [3.05, 3.63) is 30.0 Å². The van der Waals surface area contributed by atoms with Gasteiger partial charge in [0.05, 0.1) is 5.69 Å². The predicted molar refractivity (Wildman–Crippen MR) is 63.2 cm³/mol. The van der Waals surface area contributed by atoms with Gasteiger partial charge in [0, 0.05) is 18.3 Å². The Hall–Kier alpha value is -1.38. The Morgan fingerprint density at radius 3 is 2.53 bits per heavy atom. The maximum absolute atomic E-state index is 4.49. The zero-order valence-corrected chi connectivity index (χ0v) is 10.2. The molecule has 0 bridgehead atoms. The number of nitrogens with zero attached hydrogens (tertiary/aromatic N) is 3. The largest absolute Gasteiger partial charge is 0.288 e. The smallest absolute Gasteiger partial charge is 0.159 e. The van der Waals surface area contributed by atoms with Gasteiger partial charge in [-0.15, -0.1) is 0 Å². The van der Waals surface area contributed by atoms with Gasteiger partial charge in [-0.3, -0.25) is 4.40 Å². The van der Waals surface area contributed by atoms with Crippen LogP contribution in [0.15, 0.2) is 18.5 Å². The number of fused-ring (bicyclic) bond motifs is 1. The standard InChI is InChI=1S/C10H13N3.C2H6/c1-7(2)9-12-8(3)10-11-5-4-6-13(9)10;1-2/h4-7H,1-3H3;1-2H3. The molecule has 2 rings (SSSR count). The summed E-state index contributed by atoms with van der Waals surface area (Å²) in [5.41, 5.74) is 1.97. The lowest BCUT2D eigenvalue weighted by Gasteiger charge is -2.01. The molecule has 0 atom stereocenters. The molecule has 0 aliphatic heterocycles. The fourth-order valence-electron chi connectivity index (χ4n) is 1.51. The quantitative estimate of drug-likeness (QED) is 0.715. The second-order valence-corrected chi connectivity index (χ2v) is 3.52. The van der Waals surface area contributed by atoms with Gasteiger partial charge in [-0.05, 0) is 13.0 Å². The monoisotopic (exact) mass is 205 g/mol. The highest BCUT2D eigenvalue weighted by molar-refractivity contribution is 5.44. The summed E-state index contributed by atoms with van der Waals surface area (Å²) in [5.74, 6) is 1.52. The van der Waals surface area contributed by atoms with E-state index in [0.29, 0.717) is 5.92 Å². The third-order valence-corrected chi connectivity index (χ3v) is 2.12. The first-order chi connectivity index (χ1) is 7.20. The Balaban J connectivity index is 0.000000531. The Bertz CT molecular complexity index is 429. The highest BCUT2D eigenvalue weighted by Gasteiger charge is 2.10. The second-order valence-electron chi connectivity index (χ2n) is 3.52. The van der Waals surface area contributed by atoms with E-state index in [1.807, 2.05) is 33.0 Å². The van der Waals surface area contributed by atoms with Crippen LogP contribution in [0.1, 0.15) is 45.1 Å². The Morgan fingerprint density at radius 1 is 1.27 bits per heavy atom.